The van der Waals surface area contributed by atoms with E-state index in [-0.39, 0.29) is 17.5 Å². The number of benzene rings is 1. The number of carbonyl (C=O) groups is 1. The molecule has 0 saturated carbocycles. The molecule has 140 valence electrons. The van der Waals surface area contributed by atoms with E-state index >= 15 is 0 Å². The maximum atomic E-state index is 13.5. The summed E-state index contributed by atoms with van der Waals surface area (Å²) in [7, 11) is 0. The van der Waals surface area contributed by atoms with Gasteiger partial charge < -0.3 is 14.4 Å². The molecule has 1 aliphatic heterocycles. The first-order valence-corrected chi connectivity index (χ1v) is 9.60. The van der Waals surface area contributed by atoms with Crippen molar-refractivity contribution in [1.29, 1.82) is 0 Å². The minimum atomic E-state index is -0.315. The Morgan fingerprint density at radius 1 is 1.35 bits per heavy atom. The lowest BCUT2D eigenvalue weighted by molar-refractivity contribution is -0.894. The van der Waals surface area contributed by atoms with Crippen LogP contribution in [0.15, 0.2) is 30.2 Å². The summed E-state index contributed by atoms with van der Waals surface area (Å²) >= 11 is 1.30. The van der Waals surface area contributed by atoms with Crippen LogP contribution in [0.2, 0.25) is 0 Å². The quantitative estimate of drug-likeness (QED) is 0.793. The Hall–Kier alpha value is -2.19. The molecule has 2 aromatic rings. The van der Waals surface area contributed by atoms with E-state index in [0.29, 0.717) is 35.1 Å². The van der Waals surface area contributed by atoms with Crippen LogP contribution >= 0.6 is 11.3 Å². The highest BCUT2D eigenvalue weighted by Crippen LogP contribution is 2.30. The Morgan fingerprint density at radius 2 is 2.15 bits per heavy atom. The number of halogens is 1. The monoisotopic (exact) mass is 380 g/mol. The maximum Gasteiger partial charge on any atom is 0.298 e. The van der Waals surface area contributed by atoms with Gasteiger partial charge in [-0.05, 0) is 32.0 Å². The van der Waals surface area contributed by atoms with Gasteiger partial charge in [0.15, 0.2) is 5.13 Å². The van der Waals surface area contributed by atoms with Crippen LogP contribution in [0, 0.1) is 5.82 Å². The number of amides is 1. The molecule has 26 heavy (non-hydrogen) atoms. The van der Waals surface area contributed by atoms with Crippen molar-refractivity contribution in [3.05, 3.63) is 36.0 Å². The predicted octanol–water partition coefficient (Wildman–Crippen LogP) is 1.58. The van der Waals surface area contributed by atoms with Gasteiger partial charge in [-0.1, -0.05) is 11.3 Å². The van der Waals surface area contributed by atoms with Gasteiger partial charge in [0, 0.05) is 0 Å². The van der Waals surface area contributed by atoms with Crippen molar-refractivity contribution in [1.82, 2.24) is 4.98 Å². The lowest BCUT2D eigenvalue weighted by Crippen LogP contribution is -3.12. The summed E-state index contributed by atoms with van der Waals surface area (Å²) in [5, 5.41) is 0.539. The molecular weight excluding hydrogens is 357 g/mol. The number of hydrogen-bond donors (Lipinski definition) is 1. The highest BCUT2D eigenvalue weighted by molar-refractivity contribution is 7.22. The van der Waals surface area contributed by atoms with Gasteiger partial charge in [0.25, 0.3) is 5.91 Å². The van der Waals surface area contributed by atoms with Crippen LogP contribution in [-0.2, 0) is 14.3 Å². The number of hydrogen-bond acceptors (Lipinski definition) is 5. The van der Waals surface area contributed by atoms with Crippen LogP contribution in [-0.4, -0.2) is 50.3 Å². The number of anilines is 1. The highest BCUT2D eigenvalue weighted by Gasteiger charge is 2.27. The zero-order chi connectivity index (χ0) is 18.5. The zero-order valence-electron chi connectivity index (χ0n) is 15.0. The molecule has 0 radical (unpaired) electrons. The second kappa shape index (κ2) is 8.46. The molecule has 8 heteroatoms. The second-order valence-electron chi connectivity index (χ2n) is 5.97. The minimum absolute atomic E-state index is 0.177. The third-order valence-electron chi connectivity index (χ3n) is 4.36. The van der Waals surface area contributed by atoms with Crippen molar-refractivity contribution >= 4 is 32.6 Å². The average Bonchev–Trinajstić information content (AvgIpc) is 3.08. The molecule has 0 fully saturated rings. The van der Waals surface area contributed by atoms with Crippen LogP contribution in [0.5, 0.6) is 0 Å². The summed E-state index contributed by atoms with van der Waals surface area (Å²) in [6.07, 6.45) is 1.36. The van der Waals surface area contributed by atoms with Gasteiger partial charge in [0.05, 0.1) is 36.4 Å². The largest absolute Gasteiger partial charge is 0.494 e. The Labute approximate surface area is 155 Å². The molecule has 1 aromatic heterocycles. The van der Waals surface area contributed by atoms with Gasteiger partial charge >= 0.3 is 0 Å². The summed E-state index contributed by atoms with van der Waals surface area (Å²) in [6, 6.07) is 4.44. The number of aromatic nitrogens is 1. The summed E-state index contributed by atoms with van der Waals surface area (Å²) in [5.41, 5.74) is 0.675. The summed E-state index contributed by atoms with van der Waals surface area (Å²) in [6.45, 7) is 8.25. The van der Waals surface area contributed by atoms with Crippen molar-refractivity contribution < 1.29 is 23.6 Å². The van der Waals surface area contributed by atoms with Crippen LogP contribution in [0.4, 0.5) is 9.52 Å². The average molecular weight is 380 g/mol. The van der Waals surface area contributed by atoms with Gasteiger partial charge in [0.2, 0.25) is 5.76 Å². The molecule has 2 heterocycles. The number of likely N-dealkylation sites (N-methyl/N-ethyl adjacent to an activating group) is 1. The number of nitrogens with zero attached hydrogens (tertiary/aromatic N) is 2. The highest BCUT2D eigenvalue weighted by atomic mass is 32.1. The fourth-order valence-electron chi connectivity index (χ4n) is 2.77. The Kier molecular flexibility index (Phi) is 6.05. The molecule has 0 bridgehead atoms. The number of quaternary nitrogens is 1. The van der Waals surface area contributed by atoms with Gasteiger partial charge in [-0.15, -0.1) is 0 Å². The molecule has 0 unspecified atom stereocenters. The lowest BCUT2D eigenvalue weighted by Gasteiger charge is -2.24. The van der Waals surface area contributed by atoms with E-state index in [0.717, 1.165) is 19.6 Å². The first-order valence-electron chi connectivity index (χ1n) is 8.78. The van der Waals surface area contributed by atoms with Gasteiger partial charge in [-0.2, -0.15) is 0 Å². The van der Waals surface area contributed by atoms with Crippen molar-refractivity contribution in [2.24, 2.45) is 0 Å². The van der Waals surface area contributed by atoms with E-state index in [4.69, 9.17) is 9.47 Å². The Bertz CT molecular complexity index is 804. The first-order chi connectivity index (χ1) is 12.6. The topological polar surface area (TPSA) is 56.1 Å². The molecule has 3 rings (SSSR count). The lowest BCUT2D eigenvalue weighted by atomic mass is 10.3. The Balaban J connectivity index is 1.89. The molecule has 0 aliphatic carbocycles. The van der Waals surface area contributed by atoms with Crippen molar-refractivity contribution in [3.63, 3.8) is 0 Å². The van der Waals surface area contributed by atoms with E-state index in [1.54, 1.807) is 11.0 Å². The number of ether oxygens (including phenoxy) is 2. The number of fused-ring (bicyclic) bond motifs is 1. The van der Waals surface area contributed by atoms with E-state index < -0.39 is 0 Å². The molecule has 0 atom stereocenters. The molecule has 0 spiro atoms. The molecular formula is C18H23FN3O3S+. The zero-order valence-corrected chi connectivity index (χ0v) is 15.8. The summed E-state index contributed by atoms with van der Waals surface area (Å²) in [5.74, 6) is -0.420. The van der Waals surface area contributed by atoms with Crippen LogP contribution in [0.25, 0.3) is 10.2 Å². The number of carbonyl (C=O) groups excluding carboxylic acids is 1. The predicted molar refractivity (Wildman–Crippen MR) is 98.8 cm³/mol. The maximum absolute atomic E-state index is 13.5. The van der Waals surface area contributed by atoms with E-state index in [1.807, 2.05) is 0 Å². The van der Waals surface area contributed by atoms with Gasteiger partial charge in [0.1, 0.15) is 25.3 Å². The smallest absolute Gasteiger partial charge is 0.298 e. The SMILES string of the molecule is CC[NH+](CC)CCN(C(=O)C1=COCCO1)c1nc2ccc(F)cc2s1. The van der Waals surface area contributed by atoms with Crippen molar-refractivity contribution in [3.8, 4) is 0 Å². The van der Waals surface area contributed by atoms with Gasteiger partial charge in [-0.3, -0.25) is 9.69 Å². The fourth-order valence-corrected chi connectivity index (χ4v) is 3.79. The standard InChI is InChI=1S/C18H22FN3O3S/c1-3-21(4-2)7-8-22(17(23)15-12-24-9-10-25-15)18-20-14-6-5-13(19)11-16(14)26-18/h5-6,11-12H,3-4,7-10H2,1-2H3/p+1. The van der Waals surface area contributed by atoms with E-state index in [1.165, 1.54) is 34.6 Å². The molecule has 1 aromatic carbocycles. The third-order valence-corrected chi connectivity index (χ3v) is 5.41. The Morgan fingerprint density at radius 3 is 2.85 bits per heavy atom. The number of thiazole rings is 1. The number of nitrogens with one attached hydrogen (secondary N) is 1. The van der Waals surface area contributed by atoms with Crippen molar-refractivity contribution in [2.45, 2.75) is 13.8 Å². The first kappa shape index (κ1) is 18.6. The van der Waals surface area contributed by atoms with Crippen LogP contribution in [0.1, 0.15) is 13.8 Å². The van der Waals surface area contributed by atoms with Crippen LogP contribution in [0.3, 0.4) is 0 Å². The molecule has 6 nitrogen and oxygen atoms in total. The molecule has 1 aliphatic rings. The fraction of sp³-hybridized carbons (Fsp3) is 0.444. The second-order valence-corrected chi connectivity index (χ2v) is 6.98. The van der Waals surface area contributed by atoms with Gasteiger partial charge in [-0.25, -0.2) is 9.37 Å². The van der Waals surface area contributed by atoms with E-state index in [9.17, 15) is 9.18 Å². The minimum Gasteiger partial charge on any atom is -0.494 e. The molecule has 1 N–H and O–H groups in total. The van der Waals surface area contributed by atoms with Crippen LogP contribution < -0.4 is 9.80 Å². The summed E-state index contributed by atoms with van der Waals surface area (Å²) < 4.78 is 24.9. The molecule has 1 amide bonds. The third kappa shape index (κ3) is 4.13. The number of rotatable bonds is 7. The molecule has 0 saturated heterocycles. The van der Waals surface area contributed by atoms with E-state index in [2.05, 4.69) is 18.8 Å². The van der Waals surface area contributed by atoms with Crippen molar-refractivity contribution in [2.75, 3.05) is 44.3 Å². The summed E-state index contributed by atoms with van der Waals surface area (Å²) in [4.78, 5) is 20.5. The normalized spacial score (nSPS) is 14.1.